The summed E-state index contributed by atoms with van der Waals surface area (Å²) < 4.78 is 11.0. The third-order valence-electron chi connectivity index (χ3n) is 4.65. The Kier molecular flexibility index (Phi) is 6.80. The van der Waals surface area contributed by atoms with Crippen molar-refractivity contribution in [1.29, 1.82) is 0 Å². The molecule has 2 aromatic carbocycles. The number of halogens is 1. The second kappa shape index (κ2) is 9.32. The summed E-state index contributed by atoms with van der Waals surface area (Å²) in [5.74, 6) is -0.713. The molecular formula is C23H24ClNO5. The molecule has 1 unspecified atom stereocenters. The van der Waals surface area contributed by atoms with Crippen molar-refractivity contribution in [2.75, 3.05) is 6.61 Å². The standard InChI is InChI=1S/C23H24ClNO5/c1-15(2)30-18-7-8-19(20(24)12-18)21(26)25-14-17-6-3-5-16(11-17)13-23(22(27)28)9-4-10-29-23/h3-9,11-12,15H,10,13-14H2,1-2H3,(H,25,26)(H,27,28). The SMILES string of the molecule is CC(C)Oc1ccc(C(=O)NCc2cccc(CC3(C(=O)O)C=CCO3)c2)c(Cl)c1. The number of carbonyl (C=O) groups is 2. The Labute approximate surface area is 180 Å². The van der Waals surface area contributed by atoms with E-state index in [-0.39, 0.29) is 31.6 Å². The van der Waals surface area contributed by atoms with Gasteiger partial charge in [0.15, 0.2) is 5.60 Å². The van der Waals surface area contributed by atoms with E-state index in [1.807, 2.05) is 38.1 Å². The lowest BCUT2D eigenvalue weighted by Crippen LogP contribution is -2.39. The average Bonchev–Trinajstić information content (AvgIpc) is 3.16. The van der Waals surface area contributed by atoms with E-state index in [9.17, 15) is 14.7 Å². The molecule has 7 heteroatoms. The van der Waals surface area contributed by atoms with Crippen LogP contribution < -0.4 is 10.1 Å². The van der Waals surface area contributed by atoms with Gasteiger partial charge in [-0.05, 0) is 49.2 Å². The van der Waals surface area contributed by atoms with Gasteiger partial charge in [0.05, 0.1) is 23.3 Å². The quantitative estimate of drug-likeness (QED) is 0.619. The molecule has 0 spiro atoms. The van der Waals surface area contributed by atoms with Gasteiger partial charge in [0.1, 0.15) is 5.75 Å². The van der Waals surface area contributed by atoms with Crippen LogP contribution in [0.5, 0.6) is 5.75 Å². The van der Waals surface area contributed by atoms with E-state index in [1.165, 1.54) is 0 Å². The Morgan fingerprint density at radius 1 is 1.23 bits per heavy atom. The minimum atomic E-state index is -1.34. The van der Waals surface area contributed by atoms with E-state index < -0.39 is 11.6 Å². The molecule has 0 saturated carbocycles. The third kappa shape index (κ3) is 5.20. The van der Waals surface area contributed by atoms with E-state index in [2.05, 4.69) is 5.32 Å². The van der Waals surface area contributed by atoms with E-state index in [4.69, 9.17) is 21.1 Å². The first-order chi connectivity index (χ1) is 14.3. The van der Waals surface area contributed by atoms with Crippen LogP contribution in [-0.2, 0) is 22.5 Å². The summed E-state index contributed by atoms with van der Waals surface area (Å²) in [6.45, 7) is 4.39. The number of rotatable bonds is 8. The van der Waals surface area contributed by atoms with Crippen LogP contribution in [0.4, 0.5) is 0 Å². The van der Waals surface area contributed by atoms with Crippen molar-refractivity contribution in [1.82, 2.24) is 5.32 Å². The molecular weight excluding hydrogens is 406 g/mol. The van der Waals surface area contributed by atoms with Crippen molar-refractivity contribution in [2.45, 2.75) is 38.5 Å². The molecule has 2 aromatic rings. The van der Waals surface area contributed by atoms with Crippen LogP contribution in [0.1, 0.15) is 35.3 Å². The molecule has 3 rings (SSSR count). The minimum Gasteiger partial charge on any atom is -0.491 e. The highest BCUT2D eigenvalue weighted by atomic mass is 35.5. The number of aliphatic carboxylic acids is 1. The third-order valence-corrected chi connectivity index (χ3v) is 4.97. The first-order valence-electron chi connectivity index (χ1n) is 9.66. The van der Waals surface area contributed by atoms with Crippen LogP contribution in [0.15, 0.2) is 54.6 Å². The summed E-state index contributed by atoms with van der Waals surface area (Å²) in [6.07, 6.45) is 3.51. The molecule has 1 aliphatic heterocycles. The largest absolute Gasteiger partial charge is 0.491 e. The van der Waals surface area contributed by atoms with Gasteiger partial charge in [-0.15, -0.1) is 0 Å². The number of hydrogen-bond acceptors (Lipinski definition) is 4. The van der Waals surface area contributed by atoms with Crippen molar-refractivity contribution < 1.29 is 24.2 Å². The van der Waals surface area contributed by atoms with Gasteiger partial charge in [-0.25, -0.2) is 4.79 Å². The Bertz CT molecular complexity index is 972. The molecule has 0 aliphatic carbocycles. The summed E-state index contributed by atoms with van der Waals surface area (Å²) in [4.78, 5) is 24.2. The van der Waals surface area contributed by atoms with Crippen molar-refractivity contribution in [3.8, 4) is 5.75 Å². The van der Waals surface area contributed by atoms with Crippen LogP contribution >= 0.6 is 11.6 Å². The van der Waals surface area contributed by atoms with Crippen LogP contribution in [0.25, 0.3) is 0 Å². The molecule has 0 aromatic heterocycles. The van der Waals surface area contributed by atoms with Gasteiger partial charge >= 0.3 is 5.97 Å². The van der Waals surface area contributed by atoms with E-state index in [0.717, 1.165) is 11.1 Å². The molecule has 0 radical (unpaired) electrons. The minimum absolute atomic E-state index is 0.0124. The average molecular weight is 430 g/mol. The lowest BCUT2D eigenvalue weighted by atomic mass is 9.94. The lowest BCUT2D eigenvalue weighted by Gasteiger charge is -2.22. The number of carboxylic acids is 1. The molecule has 1 amide bonds. The zero-order chi connectivity index (χ0) is 21.7. The molecule has 158 valence electrons. The van der Waals surface area contributed by atoms with E-state index in [1.54, 1.807) is 30.4 Å². The number of benzene rings is 2. The Morgan fingerprint density at radius 2 is 2.00 bits per heavy atom. The number of carboxylic acid groups (broad SMARTS) is 1. The van der Waals surface area contributed by atoms with Crippen LogP contribution in [0, 0.1) is 0 Å². The van der Waals surface area contributed by atoms with Crippen molar-refractivity contribution in [3.05, 3.63) is 76.3 Å². The van der Waals surface area contributed by atoms with Crippen LogP contribution in [0.3, 0.4) is 0 Å². The fourth-order valence-electron chi connectivity index (χ4n) is 3.26. The summed E-state index contributed by atoms with van der Waals surface area (Å²) >= 11 is 6.24. The predicted octanol–water partition coefficient (Wildman–Crippen LogP) is 4.01. The highest BCUT2D eigenvalue weighted by Crippen LogP contribution is 2.26. The van der Waals surface area contributed by atoms with Gasteiger partial charge in [0, 0.05) is 13.0 Å². The van der Waals surface area contributed by atoms with Gasteiger partial charge in [-0.1, -0.05) is 41.9 Å². The molecule has 2 N–H and O–H groups in total. The van der Waals surface area contributed by atoms with Crippen molar-refractivity contribution >= 4 is 23.5 Å². The Hall–Kier alpha value is -2.83. The number of hydrogen-bond donors (Lipinski definition) is 2. The number of amides is 1. The fourth-order valence-corrected chi connectivity index (χ4v) is 3.51. The number of carbonyl (C=O) groups excluding carboxylic acids is 1. The van der Waals surface area contributed by atoms with Gasteiger partial charge < -0.3 is 19.9 Å². The molecule has 1 aliphatic rings. The summed E-state index contributed by atoms with van der Waals surface area (Å²) in [7, 11) is 0. The zero-order valence-corrected chi connectivity index (χ0v) is 17.6. The summed E-state index contributed by atoms with van der Waals surface area (Å²) in [5, 5.41) is 12.7. The second-order valence-electron chi connectivity index (χ2n) is 7.40. The maximum Gasteiger partial charge on any atom is 0.340 e. The summed E-state index contributed by atoms with van der Waals surface area (Å²) in [6, 6.07) is 12.4. The highest BCUT2D eigenvalue weighted by molar-refractivity contribution is 6.34. The van der Waals surface area contributed by atoms with Crippen LogP contribution in [-0.4, -0.2) is 35.3 Å². The smallest absolute Gasteiger partial charge is 0.340 e. The highest BCUT2D eigenvalue weighted by Gasteiger charge is 2.39. The monoisotopic (exact) mass is 429 g/mol. The predicted molar refractivity (Wildman–Crippen MR) is 114 cm³/mol. The first-order valence-corrected chi connectivity index (χ1v) is 10.0. The molecule has 6 nitrogen and oxygen atoms in total. The molecule has 1 atom stereocenters. The fraction of sp³-hybridized carbons (Fsp3) is 0.304. The second-order valence-corrected chi connectivity index (χ2v) is 7.80. The van der Waals surface area contributed by atoms with Gasteiger partial charge in [0.25, 0.3) is 5.91 Å². The first kappa shape index (κ1) is 21.9. The zero-order valence-electron chi connectivity index (χ0n) is 16.9. The maximum atomic E-state index is 12.5. The lowest BCUT2D eigenvalue weighted by molar-refractivity contribution is -0.156. The van der Waals surface area contributed by atoms with E-state index in [0.29, 0.717) is 16.3 Å². The molecule has 0 saturated heterocycles. The summed E-state index contributed by atoms with van der Waals surface area (Å²) in [5.41, 5.74) is 0.677. The molecule has 0 fully saturated rings. The van der Waals surface area contributed by atoms with E-state index >= 15 is 0 Å². The van der Waals surface area contributed by atoms with Gasteiger partial charge in [-0.2, -0.15) is 0 Å². The topological polar surface area (TPSA) is 84.9 Å². The van der Waals surface area contributed by atoms with Crippen LogP contribution in [0.2, 0.25) is 5.02 Å². The Morgan fingerprint density at radius 3 is 2.63 bits per heavy atom. The maximum absolute atomic E-state index is 12.5. The normalized spacial score (nSPS) is 17.9. The van der Waals surface area contributed by atoms with Gasteiger partial charge in [0.2, 0.25) is 0 Å². The van der Waals surface area contributed by atoms with Gasteiger partial charge in [-0.3, -0.25) is 4.79 Å². The van der Waals surface area contributed by atoms with Crippen molar-refractivity contribution in [2.24, 2.45) is 0 Å². The number of ether oxygens (including phenoxy) is 2. The number of nitrogens with one attached hydrogen (secondary N) is 1. The molecule has 0 bridgehead atoms. The molecule has 1 heterocycles. The Balaban J connectivity index is 1.65. The van der Waals surface area contributed by atoms with Crippen molar-refractivity contribution in [3.63, 3.8) is 0 Å². The molecule has 30 heavy (non-hydrogen) atoms.